The molecule has 6 nitrogen and oxygen atoms in total. The zero-order valence-corrected chi connectivity index (χ0v) is 14.4. The summed E-state index contributed by atoms with van der Waals surface area (Å²) in [6.07, 6.45) is 1.85. The molecule has 0 aliphatic rings. The molecular formula is C17H20ClN3O3. The second-order valence-corrected chi connectivity index (χ2v) is 5.94. The van der Waals surface area contributed by atoms with Gasteiger partial charge >= 0.3 is 5.97 Å². The van der Waals surface area contributed by atoms with E-state index in [0.717, 1.165) is 18.4 Å². The molecule has 0 saturated carbocycles. The lowest BCUT2D eigenvalue weighted by Crippen LogP contribution is -2.35. The normalized spacial score (nSPS) is 11.8. The Kier molecular flexibility index (Phi) is 6.37. The Bertz CT molecular complexity index is 697. The third-order valence-corrected chi connectivity index (χ3v) is 3.65. The zero-order chi connectivity index (χ0) is 17.5. The first-order valence-electron chi connectivity index (χ1n) is 7.77. The van der Waals surface area contributed by atoms with Crippen LogP contribution >= 0.6 is 11.6 Å². The van der Waals surface area contributed by atoms with E-state index in [1.165, 1.54) is 0 Å². The third kappa shape index (κ3) is 5.09. The Morgan fingerprint density at radius 2 is 2.04 bits per heavy atom. The van der Waals surface area contributed by atoms with E-state index >= 15 is 0 Å². The van der Waals surface area contributed by atoms with Crippen LogP contribution in [0.2, 0.25) is 5.02 Å². The summed E-state index contributed by atoms with van der Waals surface area (Å²) >= 11 is 5.84. The standard InChI is InChI=1S/C17H20ClN3O3/c1-3-4-11(2)19-16(22)10-24-17(23)15-9-14(20-21-15)12-5-7-13(18)8-6-12/h5-9,11H,3-4,10H2,1-2H3,(H,19,22)(H,20,21). The van der Waals surface area contributed by atoms with Gasteiger partial charge in [0.2, 0.25) is 0 Å². The number of aromatic nitrogens is 2. The highest BCUT2D eigenvalue weighted by Gasteiger charge is 2.15. The first kappa shape index (κ1) is 18.0. The van der Waals surface area contributed by atoms with Crippen LogP contribution in [0.5, 0.6) is 0 Å². The number of ether oxygens (including phenoxy) is 1. The molecule has 1 heterocycles. The van der Waals surface area contributed by atoms with Crippen molar-refractivity contribution in [3.8, 4) is 11.3 Å². The number of aromatic amines is 1. The van der Waals surface area contributed by atoms with Gasteiger partial charge in [0, 0.05) is 16.6 Å². The van der Waals surface area contributed by atoms with Gasteiger partial charge in [0.25, 0.3) is 5.91 Å². The van der Waals surface area contributed by atoms with E-state index in [1.807, 2.05) is 13.8 Å². The number of H-pyrrole nitrogens is 1. The smallest absolute Gasteiger partial charge is 0.356 e. The lowest BCUT2D eigenvalue weighted by atomic mass is 10.1. The summed E-state index contributed by atoms with van der Waals surface area (Å²) in [5.74, 6) is -0.942. The molecule has 0 bridgehead atoms. The Balaban J connectivity index is 1.89. The number of rotatable bonds is 7. The van der Waals surface area contributed by atoms with Crippen molar-refractivity contribution in [3.05, 3.63) is 41.0 Å². The third-order valence-electron chi connectivity index (χ3n) is 3.40. The minimum absolute atomic E-state index is 0.0601. The van der Waals surface area contributed by atoms with E-state index in [9.17, 15) is 9.59 Å². The molecular weight excluding hydrogens is 330 g/mol. The summed E-state index contributed by atoms with van der Waals surface area (Å²) in [6, 6.07) is 8.72. The summed E-state index contributed by atoms with van der Waals surface area (Å²) in [5.41, 5.74) is 1.61. The summed E-state index contributed by atoms with van der Waals surface area (Å²) < 4.78 is 4.99. The number of hydrogen-bond acceptors (Lipinski definition) is 4. The first-order valence-corrected chi connectivity index (χ1v) is 8.15. The zero-order valence-electron chi connectivity index (χ0n) is 13.6. The van der Waals surface area contributed by atoms with Crippen molar-refractivity contribution in [1.82, 2.24) is 15.5 Å². The topological polar surface area (TPSA) is 84.1 Å². The van der Waals surface area contributed by atoms with E-state index in [0.29, 0.717) is 10.7 Å². The molecule has 24 heavy (non-hydrogen) atoms. The van der Waals surface area contributed by atoms with E-state index in [2.05, 4.69) is 15.5 Å². The molecule has 1 aromatic carbocycles. The van der Waals surface area contributed by atoms with Gasteiger partial charge in [-0.15, -0.1) is 0 Å². The Labute approximate surface area is 145 Å². The predicted molar refractivity (Wildman–Crippen MR) is 91.8 cm³/mol. The largest absolute Gasteiger partial charge is 0.451 e. The van der Waals surface area contributed by atoms with Gasteiger partial charge in [0.05, 0.1) is 5.69 Å². The lowest BCUT2D eigenvalue weighted by molar-refractivity contribution is -0.124. The highest BCUT2D eigenvalue weighted by atomic mass is 35.5. The Morgan fingerprint density at radius 3 is 2.71 bits per heavy atom. The number of nitrogens with zero attached hydrogens (tertiary/aromatic N) is 1. The molecule has 1 unspecified atom stereocenters. The van der Waals surface area contributed by atoms with E-state index < -0.39 is 5.97 Å². The molecule has 1 atom stereocenters. The van der Waals surface area contributed by atoms with Crippen molar-refractivity contribution in [2.75, 3.05) is 6.61 Å². The number of nitrogens with one attached hydrogen (secondary N) is 2. The molecule has 0 aliphatic carbocycles. The maximum atomic E-state index is 12.0. The van der Waals surface area contributed by atoms with Crippen molar-refractivity contribution in [3.63, 3.8) is 0 Å². The number of esters is 1. The highest BCUT2D eigenvalue weighted by Crippen LogP contribution is 2.20. The summed E-state index contributed by atoms with van der Waals surface area (Å²) in [4.78, 5) is 23.7. The molecule has 0 fully saturated rings. The second-order valence-electron chi connectivity index (χ2n) is 5.51. The van der Waals surface area contributed by atoms with Crippen LogP contribution in [0, 0.1) is 0 Å². The molecule has 1 amide bonds. The van der Waals surface area contributed by atoms with Gasteiger partial charge in [-0.25, -0.2) is 4.79 Å². The lowest BCUT2D eigenvalue weighted by Gasteiger charge is -2.12. The molecule has 2 N–H and O–H groups in total. The first-order chi connectivity index (χ1) is 11.5. The monoisotopic (exact) mass is 349 g/mol. The van der Waals surface area contributed by atoms with Gasteiger partial charge in [0.1, 0.15) is 5.69 Å². The van der Waals surface area contributed by atoms with Crippen LogP contribution in [0.3, 0.4) is 0 Å². The van der Waals surface area contributed by atoms with Crippen molar-refractivity contribution < 1.29 is 14.3 Å². The van der Waals surface area contributed by atoms with Gasteiger partial charge in [-0.1, -0.05) is 37.1 Å². The van der Waals surface area contributed by atoms with E-state index in [1.54, 1.807) is 30.3 Å². The highest BCUT2D eigenvalue weighted by molar-refractivity contribution is 6.30. The maximum Gasteiger partial charge on any atom is 0.356 e. The number of carbonyl (C=O) groups excluding carboxylic acids is 2. The molecule has 0 aliphatic heterocycles. The number of carbonyl (C=O) groups is 2. The van der Waals surface area contributed by atoms with Gasteiger partial charge in [-0.2, -0.15) is 5.10 Å². The van der Waals surface area contributed by atoms with Crippen molar-refractivity contribution in [1.29, 1.82) is 0 Å². The molecule has 128 valence electrons. The summed E-state index contributed by atoms with van der Waals surface area (Å²) in [7, 11) is 0. The van der Waals surface area contributed by atoms with Crippen LogP contribution in [0.4, 0.5) is 0 Å². The quantitative estimate of drug-likeness (QED) is 0.752. The average molecular weight is 350 g/mol. The van der Waals surface area contributed by atoms with Crippen LogP contribution in [0.1, 0.15) is 37.2 Å². The van der Waals surface area contributed by atoms with Gasteiger partial charge in [-0.3, -0.25) is 9.89 Å². The number of amides is 1. The van der Waals surface area contributed by atoms with Crippen LogP contribution in [0.15, 0.2) is 30.3 Å². The SMILES string of the molecule is CCCC(C)NC(=O)COC(=O)c1cc(-c2ccc(Cl)cc2)n[nH]1. The minimum Gasteiger partial charge on any atom is -0.451 e. The van der Waals surface area contributed by atoms with Crippen molar-refractivity contribution in [2.24, 2.45) is 0 Å². The number of benzene rings is 1. The Morgan fingerprint density at radius 1 is 1.33 bits per heavy atom. The minimum atomic E-state index is -0.624. The van der Waals surface area contributed by atoms with E-state index in [-0.39, 0.29) is 24.2 Å². The van der Waals surface area contributed by atoms with Gasteiger partial charge in [-0.05, 0) is 31.5 Å². The Hall–Kier alpha value is -2.34. The summed E-state index contributed by atoms with van der Waals surface area (Å²) in [5, 5.41) is 10.1. The molecule has 2 aromatic rings. The van der Waals surface area contributed by atoms with Crippen molar-refractivity contribution >= 4 is 23.5 Å². The molecule has 0 radical (unpaired) electrons. The number of hydrogen-bond donors (Lipinski definition) is 2. The van der Waals surface area contributed by atoms with Gasteiger partial charge in [0.15, 0.2) is 6.61 Å². The summed E-state index contributed by atoms with van der Waals surface area (Å²) in [6.45, 7) is 3.64. The second kappa shape index (κ2) is 8.49. The fourth-order valence-corrected chi connectivity index (χ4v) is 2.35. The predicted octanol–water partition coefficient (Wildman–Crippen LogP) is 3.19. The molecule has 2 rings (SSSR count). The fourth-order valence-electron chi connectivity index (χ4n) is 2.23. The molecule has 0 saturated heterocycles. The average Bonchev–Trinajstić information content (AvgIpc) is 3.03. The van der Waals surface area contributed by atoms with E-state index in [4.69, 9.17) is 16.3 Å². The van der Waals surface area contributed by atoms with Crippen LogP contribution in [-0.4, -0.2) is 34.7 Å². The number of halogens is 1. The van der Waals surface area contributed by atoms with Crippen LogP contribution < -0.4 is 5.32 Å². The van der Waals surface area contributed by atoms with Gasteiger partial charge < -0.3 is 10.1 Å². The molecule has 1 aromatic heterocycles. The fraction of sp³-hybridized carbons (Fsp3) is 0.353. The maximum absolute atomic E-state index is 12.0. The van der Waals surface area contributed by atoms with Crippen LogP contribution in [0.25, 0.3) is 11.3 Å². The molecule has 0 spiro atoms. The van der Waals surface area contributed by atoms with Crippen molar-refractivity contribution in [2.45, 2.75) is 32.7 Å². The van der Waals surface area contributed by atoms with Crippen LogP contribution in [-0.2, 0) is 9.53 Å². The molecule has 7 heteroatoms.